The zero-order valence-electron chi connectivity index (χ0n) is 18.9. The second-order valence-electron chi connectivity index (χ2n) is 8.26. The van der Waals surface area contributed by atoms with Gasteiger partial charge < -0.3 is 10.6 Å². The van der Waals surface area contributed by atoms with Crippen molar-refractivity contribution in [1.82, 2.24) is 4.98 Å². The highest BCUT2D eigenvalue weighted by molar-refractivity contribution is 7.92. The first-order chi connectivity index (χ1) is 17.4. The summed E-state index contributed by atoms with van der Waals surface area (Å²) in [6, 6.07) is 27.0. The van der Waals surface area contributed by atoms with Crippen molar-refractivity contribution in [3.8, 4) is 6.07 Å². The van der Waals surface area contributed by atoms with E-state index in [1.165, 1.54) is 24.3 Å². The number of carbonyl (C=O) groups excluding carboxylic acids is 1. The van der Waals surface area contributed by atoms with Gasteiger partial charge in [0, 0.05) is 23.5 Å². The van der Waals surface area contributed by atoms with Crippen LogP contribution in [0.5, 0.6) is 0 Å². The molecule has 178 valence electrons. The molecule has 1 aliphatic heterocycles. The lowest BCUT2D eigenvalue weighted by molar-refractivity contribution is -0.117. The maximum Gasteiger partial charge on any atom is 0.261 e. The average molecular weight is 496 g/mol. The average Bonchev–Trinajstić information content (AvgIpc) is 3.28. The molecule has 2 heterocycles. The van der Waals surface area contributed by atoms with Crippen LogP contribution in [0, 0.1) is 11.3 Å². The predicted octanol–water partition coefficient (Wildman–Crippen LogP) is 4.32. The minimum atomic E-state index is -3.88. The number of sulfonamides is 1. The van der Waals surface area contributed by atoms with Gasteiger partial charge in [0.2, 0.25) is 5.91 Å². The lowest BCUT2D eigenvalue weighted by atomic mass is 9.87. The zero-order chi connectivity index (χ0) is 25.1. The molecule has 1 aliphatic rings. The Morgan fingerprint density at radius 2 is 1.69 bits per heavy atom. The van der Waals surface area contributed by atoms with Crippen LogP contribution in [0.2, 0.25) is 0 Å². The normalized spacial score (nSPS) is 16.3. The molecule has 0 bridgehead atoms. The van der Waals surface area contributed by atoms with Crippen molar-refractivity contribution >= 4 is 33.1 Å². The van der Waals surface area contributed by atoms with Crippen molar-refractivity contribution in [2.24, 2.45) is 0 Å². The third-order valence-corrected chi connectivity index (χ3v) is 7.33. The van der Waals surface area contributed by atoms with E-state index in [0.717, 1.165) is 16.8 Å². The molecule has 0 fully saturated rings. The number of hydrogen-bond acceptors (Lipinski definition) is 6. The number of aromatic nitrogens is 1. The lowest BCUT2D eigenvalue weighted by Crippen LogP contribution is -2.36. The van der Waals surface area contributed by atoms with E-state index >= 15 is 0 Å². The van der Waals surface area contributed by atoms with Crippen molar-refractivity contribution in [1.29, 1.82) is 5.26 Å². The molecule has 0 saturated carbocycles. The molecule has 36 heavy (non-hydrogen) atoms. The fraction of sp³-hybridized carbons (Fsp3) is 0.0741. The van der Waals surface area contributed by atoms with E-state index in [9.17, 15) is 13.2 Å². The summed E-state index contributed by atoms with van der Waals surface area (Å²) >= 11 is 0. The van der Waals surface area contributed by atoms with E-state index in [2.05, 4.69) is 20.3 Å². The zero-order valence-corrected chi connectivity index (χ0v) is 19.7. The second kappa shape index (κ2) is 9.52. The summed E-state index contributed by atoms with van der Waals surface area (Å²) < 4.78 is 28.5. The Morgan fingerprint density at radius 1 is 0.944 bits per heavy atom. The number of benzene rings is 3. The van der Waals surface area contributed by atoms with Gasteiger partial charge in [0.25, 0.3) is 10.0 Å². The van der Waals surface area contributed by atoms with Gasteiger partial charge in [0.1, 0.15) is 11.9 Å². The van der Waals surface area contributed by atoms with Crippen LogP contribution < -0.4 is 15.4 Å². The van der Waals surface area contributed by atoms with E-state index in [4.69, 9.17) is 5.26 Å². The van der Waals surface area contributed by atoms with Crippen LogP contribution in [0.3, 0.4) is 0 Å². The molecule has 3 aromatic carbocycles. The summed E-state index contributed by atoms with van der Waals surface area (Å²) in [6.07, 6.45) is 1.60. The number of fused-ring (bicyclic) bond motifs is 1. The van der Waals surface area contributed by atoms with E-state index < -0.39 is 16.1 Å². The summed E-state index contributed by atoms with van der Waals surface area (Å²) in [4.78, 5) is 17.5. The maximum atomic E-state index is 13.3. The van der Waals surface area contributed by atoms with Gasteiger partial charge in [0.05, 0.1) is 16.5 Å². The Bertz CT molecular complexity index is 1550. The van der Waals surface area contributed by atoms with Gasteiger partial charge in [-0.05, 0) is 65.7 Å². The number of nitrogens with one attached hydrogen (secondary N) is 3. The van der Waals surface area contributed by atoms with Crippen LogP contribution >= 0.6 is 0 Å². The molecule has 3 N–H and O–H groups in total. The Kier molecular flexibility index (Phi) is 6.10. The lowest BCUT2D eigenvalue weighted by Gasteiger charge is -2.20. The first-order valence-corrected chi connectivity index (χ1v) is 12.6. The number of carbonyl (C=O) groups is 1. The fourth-order valence-corrected chi connectivity index (χ4v) is 5.31. The van der Waals surface area contributed by atoms with Crippen molar-refractivity contribution in [3.63, 3.8) is 0 Å². The topological polar surface area (TPSA) is 124 Å². The molecule has 9 heteroatoms. The minimum Gasteiger partial charge on any atom is -0.373 e. The first kappa shape index (κ1) is 23.1. The highest BCUT2D eigenvalue weighted by Crippen LogP contribution is 2.42. The van der Waals surface area contributed by atoms with Gasteiger partial charge in [-0.15, -0.1) is 0 Å². The molecule has 2 atom stereocenters. The minimum absolute atomic E-state index is 0.0485. The third-order valence-electron chi connectivity index (χ3n) is 5.93. The predicted molar refractivity (Wildman–Crippen MR) is 137 cm³/mol. The molecule has 1 amide bonds. The largest absolute Gasteiger partial charge is 0.373 e. The number of amides is 1. The maximum absolute atomic E-state index is 13.3. The standard InChI is InChI=1S/C27H21N5O3S/c28-17-18-9-12-21(13-10-18)36(34,35)32-20-11-14-23-22(16-20)25(19-6-2-1-3-7-19)26(30-23)27(33)31-24-8-4-5-15-29-24/h1-16,25-26,30,32H,(H,29,31,33). The molecule has 2 unspecified atom stereocenters. The monoisotopic (exact) mass is 495 g/mol. The highest BCUT2D eigenvalue weighted by atomic mass is 32.2. The number of nitrogens with zero attached hydrogens (tertiary/aromatic N) is 2. The van der Waals surface area contributed by atoms with Crippen molar-refractivity contribution < 1.29 is 13.2 Å². The number of pyridine rings is 1. The van der Waals surface area contributed by atoms with Crippen LogP contribution in [0.15, 0.2) is 102 Å². The molecule has 8 nitrogen and oxygen atoms in total. The van der Waals surface area contributed by atoms with Crippen molar-refractivity contribution in [2.75, 3.05) is 15.4 Å². The molecule has 0 spiro atoms. The third kappa shape index (κ3) is 4.62. The fourth-order valence-electron chi connectivity index (χ4n) is 4.26. The van der Waals surface area contributed by atoms with Gasteiger partial charge in [-0.3, -0.25) is 9.52 Å². The Labute approximate surface area is 208 Å². The molecule has 4 aromatic rings. The van der Waals surface area contributed by atoms with Crippen LogP contribution in [0.4, 0.5) is 17.2 Å². The number of anilines is 3. The van der Waals surface area contributed by atoms with Crippen LogP contribution in [0.25, 0.3) is 0 Å². The number of nitriles is 1. The molecular weight excluding hydrogens is 474 g/mol. The van der Waals surface area contributed by atoms with E-state index in [-0.39, 0.29) is 16.7 Å². The highest BCUT2D eigenvalue weighted by Gasteiger charge is 2.38. The Balaban J connectivity index is 1.47. The summed E-state index contributed by atoms with van der Waals surface area (Å²) in [7, 11) is -3.88. The van der Waals surface area contributed by atoms with Crippen molar-refractivity contribution in [3.05, 3.63) is 114 Å². The molecule has 1 aromatic heterocycles. The second-order valence-corrected chi connectivity index (χ2v) is 9.94. The Morgan fingerprint density at radius 3 is 2.39 bits per heavy atom. The van der Waals surface area contributed by atoms with Gasteiger partial charge in [0.15, 0.2) is 0 Å². The van der Waals surface area contributed by atoms with Crippen LogP contribution in [-0.4, -0.2) is 25.4 Å². The van der Waals surface area contributed by atoms with E-state index in [0.29, 0.717) is 17.1 Å². The summed E-state index contributed by atoms with van der Waals surface area (Å²) in [5.41, 5.74) is 3.19. The van der Waals surface area contributed by atoms with E-state index in [1.807, 2.05) is 36.4 Å². The molecule has 5 rings (SSSR count). The van der Waals surface area contributed by atoms with Crippen LogP contribution in [-0.2, 0) is 14.8 Å². The summed E-state index contributed by atoms with van der Waals surface area (Å²) in [5.74, 6) is -0.161. The summed E-state index contributed by atoms with van der Waals surface area (Å²) in [5, 5.41) is 15.1. The van der Waals surface area contributed by atoms with Gasteiger partial charge >= 0.3 is 0 Å². The molecule has 0 aliphatic carbocycles. The van der Waals surface area contributed by atoms with Gasteiger partial charge in [-0.25, -0.2) is 13.4 Å². The number of rotatable bonds is 6. The SMILES string of the molecule is N#Cc1ccc(S(=O)(=O)Nc2ccc3c(c2)C(c2ccccc2)C(C(=O)Nc2ccccn2)N3)cc1. The van der Waals surface area contributed by atoms with Gasteiger partial charge in [-0.2, -0.15) is 5.26 Å². The molecular formula is C27H21N5O3S. The smallest absolute Gasteiger partial charge is 0.261 e. The molecule has 0 radical (unpaired) electrons. The molecule has 0 saturated heterocycles. The van der Waals surface area contributed by atoms with E-state index in [1.54, 1.807) is 42.6 Å². The Hall–Kier alpha value is -4.68. The quantitative estimate of drug-likeness (QED) is 0.366. The van der Waals surface area contributed by atoms with Crippen LogP contribution in [0.1, 0.15) is 22.6 Å². The van der Waals surface area contributed by atoms with Gasteiger partial charge in [-0.1, -0.05) is 36.4 Å². The summed E-state index contributed by atoms with van der Waals surface area (Å²) in [6.45, 7) is 0. The van der Waals surface area contributed by atoms with Crippen molar-refractivity contribution in [2.45, 2.75) is 16.9 Å². The first-order valence-electron chi connectivity index (χ1n) is 11.1. The number of hydrogen-bond donors (Lipinski definition) is 3.